The molecule has 1 fully saturated rings. The van der Waals surface area contributed by atoms with Gasteiger partial charge in [-0.1, -0.05) is 18.2 Å². The average Bonchev–Trinajstić information content (AvgIpc) is 2.87. The van der Waals surface area contributed by atoms with E-state index in [9.17, 15) is 22.0 Å². The van der Waals surface area contributed by atoms with Gasteiger partial charge in [-0.2, -0.15) is 4.31 Å². The fourth-order valence-corrected chi connectivity index (χ4v) is 5.23. The molecule has 0 saturated carbocycles. The van der Waals surface area contributed by atoms with Crippen molar-refractivity contribution >= 4 is 16.0 Å². The van der Waals surface area contributed by atoms with Gasteiger partial charge in [0.25, 0.3) is 0 Å². The summed E-state index contributed by atoms with van der Waals surface area (Å²) in [5.74, 6) is -2.49. The smallest absolute Gasteiger partial charge is 0.339 e. The van der Waals surface area contributed by atoms with Crippen LogP contribution in [-0.2, 0) is 20.4 Å². The van der Waals surface area contributed by atoms with E-state index in [1.165, 1.54) is 0 Å². The highest BCUT2D eigenvalue weighted by molar-refractivity contribution is 7.89. The summed E-state index contributed by atoms with van der Waals surface area (Å²) in [4.78, 5) is 11.6. The number of carbonyl (C=O) groups excluding carboxylic acids is 1. The Morgan fingerprint density at radius 2 is 1.88 bits per heavy atom. The van der Waals surface area contributed by atoms with Gasteiger partial charge in [0.05, 0.1) is 12.1 Å². The summed E-state index contributed by atoms with van der Waals surface area (Å²) < 4.78 is 59.6. The van der Waals surface area contributed by atoms with E-state index in [0.717, 1.165) is 16.4 Å². The number of sulfonamides is 1. The Morgan fingerprint density at radius 3 is 2.65 bits per heavy atom. The molecule has 0 aromatic heterocycles. The summed E-state index contributed by atoms with van der Waals surface area (Å²) >= 11 is 0. The number of ether oxygens (including phenoxy) is 1. The summed E-state index contributed by atoms with van der Waals surface area (Å²) in [6, 6.07) is 9.21. The average molecular weight is 379 g/mol. The maximum atomic E-state index is 14.0. The second kappa shape index (κ2) is 5.85. The first-order valence-electron chi connectivity index (χ1n) is 8.12. The molecule has 1 atom stereocenters. The van der Waals surface area contributed by atoms with Crippen molar-refractivity contribution in [1.82, 2.24) is 4.31 Å². The zero-order valence-electron chi connectivity index (χ0n) is 13.6. The molecule has 4 rings (SSSR count). The van der Waals surface area contributed by atoms with Gasteiger partial charge in [-0.05, 0) is 31.0 Å². The van der Waals surface area contributed by atoms with Crippen LogP contribution in [-0.4, -0.2) is 31.8 Å². The molecule has 1 spiro atoms. The molecule has 26 heavy (non-hydrogen) atoms. The quantitative estimate of drug-likeness (QED) is 0.753. The van der Waals surface area contributed by atoms with E-state index in [1.807, 2.05) is 0 Å². The second-order valence-electron chi connectivity index (χ2n) is 6.45. The van der Waals surface area contributed by atoms with Crippen LogP contribution in [0.5, 0.6) is 0 Å². The van der Waals surface area contributed by atoms with Gasteiger partial charge in [0, 0.05) is 18.2 Å². The number of rotatable bonds is 2. The van der Waals surface area contributed by atoms with Gasteiger partial charge in [0.2, 0.25) is 10.0 Å². The summed E-state index contributed by atoms with van der Waals surface area (Å²) in [6.45, 7) is 0.0650. The number of piperidine rings is 1. The van der Waals surface area contributed by atoms with Crippen molar-refractivity contribution in [3.05, 3.63) is 65.2 Å². The molecule has 2 aromatic rings. The van der Waals surface area contributed by atoms with E-state index < -0.39 is 38.1 Å². The van der Waals surface area contributed by atoms with Crippen molar-refractivity contribution in [2.24, 2.45) is 0 Å². The first-order chi connectivity index (χ1) is 12.3. The van der Waals surface area contributed by atoms with Gasteiger partial charge in [0.1, 0.15) is 16.5 Å². The van der Waals surface area contributed by atoms with Crippen molar-refractivity contribution < 1.29 is 26.7 Å². The Morgan fingerprint density at radius 1 is 1.12 bits per heavy atom. The SMILES string of the molecule is O=C1OC2(CCCN(S(=O)(=O)c3ccc(F)cc3F)C2)c2ccccc21. The van der Waals surface area contributed by atoms with Crippen LogP contribution in [0, 0.1) is 11.6 Å². The number of halogens is 2. The molecule has 2 aliphatic heterocycles. The van der Waals surface area contributed by atoms with Crippen LogP contribution in [0.15, 0.2) is 47.4 Å². The van der Waals surface area contributed by atoms with Gasteiger partial charge in [-0.25, -0.2) is 22.0 Å². The van der Waals surface area contributed by atoms with Crippen molar-refractivity contribution in [2.45, 2.75) is 23.3 Å². The van der Waals surface area contributed by atoms with Gasteiger partial charge in [-0.3, -0.25) is 0 Å². The monoisotopic (exact) mass is 379 g/mol. The van der Waals surface area contributed by atoms with Crippen LogP contribution < -0.4 is 0 Å². The molecule has 0 N–H and O–H groups in total. The third kappa shape index (κ3) is 2.52. The second-order valence-corrected chi connectivity index (χ2v) is 8.35. The molecule has 0 amide bonds. The van der Waals surface area contributed by atoms with Crippen LogP contribution >= 0.6 is 0 Å². The Balaban J connectivity index is 1.73. The van der Waals surface area contributed by atoms with Crippen LogP contribution in [0.1, 0.15) is 28.8 Å². The summed E-state index contributed by atoms with van der Waals surface area (Å²) in [5, 5.41) is 0. The minimum absolute atomic E-state index is 0.102. The standard InChI is InChI=1S/C18H15F2NO4S/c19-12-6-7-16(15(20)10-12)26(23,24)21-9-3-8-18(11-21)14-5-2-1-4-13(14)17(22)25-18/h1-2,4-7,10H,3,8-9,11H2. The Hall–Kier alpha value is -2.32. The van der Waals surface area contributed by atoms with E-state index in [1.54, 1.807) is 24.3 Å². The third-order valence-electron chi connectivity index (χ3n) is 4.86. The third-order valence-corrected chi connectivity index (χ3v) is 6.74. The summed E-state index contributed by atoms with van der Waals surface area (Å²) in [6.07, 6.45) is 0.928. The molecule has 136 valence electrons. The molecule has 0 radical (unpaired) electrons. The van der Waals surface area contributed by atoms with Crippen LogP contribution in [0.25, 0.3) is 0 Å². The number of hydrogen-bond acceptors (Lipinski definition) is 4. The van der Waals surface area contributed by atoms with E-state index in [0.29, 0.717) is 30.0 Å². The highest BCUT2D eigenvalue weighted by Gasteiger charge is 2.50. The normalized spacial score (nSPS) is 23.1. The Bertz CT molecular complexity index is 1010. The highest BCUT2D eigenvalue weighted by atomic mass is 32.2. The van der Waals surface area contributed by atoms with E-state index >= 15 is 0 Å². The van der Waals surface area contributed by atoms with Crippen LogP contribution in [0.2, 0.25) is 0 Å². The van der Waals surface area contributed by atoms with Gasteiger partial charge < -0.3 is 4.74 Å². The number of esters is 1. The number of carbonyl (C=O) groups is 1. The van der Waals surface area contributed by atoms with Gasteiger partial charge in [-0.15, -0.1) is 0 Å². The molecule has 1 saturated heterocycles. The molecule has 8 heteroatoms. The zero-order chi connectivity index (χ0) is 18.5. The molecule has 0 bridgehead atoms. The predicted octanol–water partition coefficient (Wildman–Crippen LogP) is 2.82. The van der Waals surface area contributed by atoms with E-state index in [-0.39, 0.29) is 13.1 Å². The molecular formula is C18H15F2NO4S. The zero-order valence-corrected chi connectivity index (χ0v) is 14.4. The highest BCUT2D eigenvalue weighted by Crippen LogP contribution is 2.43. The molecule has 5 nitrogen and oxygen atoms in total. The Labute approximate surface area is 149 Å². The topological polar surface area (TPSA) is 63.7 Å². The minimum atomic E-state index is -4.19. The fraction of sp³-hybridized carbons (Fsp3) is 0.278. The molecule has 2 heterocycles. The fourth-order valence-electron chi connectivity index (χ4n) is 3.66. The van der Waals surface area contributed by atoms with Crippen molar-refractivity contribution in [2.75, 3.05) is 13.1 Å². The number of benzene rings is 2. The maximum absolute atomic E-state index is 14.0. The lowest BCUT2D eigenvalue weighted by atomic mass is 9.86. The lowest BCUT2D eigenvalue weighted by Crippen LogP contribution is -2.48. The Kier molecular flexibility index (Phi) is 3.85. The molecule has 2 aromatic carbocycles. The van der Waals surface area contributed by atoms with Crippen molar-refractivity contribution in [3.63, 3.8) is 0 Å². The lowest BCUT2D eigenvalue weighted by molar-refractivity contribution is -0.0345. The van der Waals surface area contributed by atoms with Gasteiger partial charge in [0.15, 0.2) is 5.60 Å². The maximum Gasteiger partial charge on any atom is 0.339 e. The van der Waals surface area contributed by atoms with E-state index in [4.69, 9.17) is 4.74 Å². The molecule has 0 aliphatic carbocycles. The summed E-state index contributed by atoms with van der Waals surface area (Å²) in [5.41, 5.74) is -0.0145. The van der Waals surface area contributed by atoms with Crippen LogP contribution in [0.3, 0.4) is 0 Å². The minimum Gasteiger partial charge on any atom is -0.449 e. The van der Waals surface area contributed by atoms with E-state index in [2.05, 4.69) is 0 Å². The largest absolute Gasteiger partial charge is 0.449 e. The number of fused-ring (bicyclic) bond motifs is 2. The number of hydrogen-bond donors (Lipinski definition) is 0. The van der Waals surface area contributed by atoms with Crippen LogP contribution in [0.4, 0.5) is 8.78 Å². The first kappa shape index (κ1) is 17.1. The molecule has 2 aliphatic rings. The first-order valence-corrected chi connectivity index (χ1v) is 9.56. The van der Waals surface area contributed by atoms with Crippen molar-refractivity contribution in [3.8, 4) is 0 Å². The van der Waals surface area contributed by atoms with Crippen molar-refractivity contribution in [1.29, 1.82) is 0 Å². The summed E-state index contributed by atoms with van der Waals surface area (Å²) in [7, 11) is -4.19. The molecular weight excluding hydrogens is 364 g/mol. The van der Waals surface area contributed by atoms with Gasteiger partial charge >= 0.3 is 5.97 Å². The number of nitrogens with zero attached hydrogens (tertiary/aromatic N) is 1. The molecule has 1 unspecified atom stereocenters. The predicted molar refractivity (Wildman–Crippen MR) is 87.9 cm³/mol. The lowest BCUT2D eigenvalue weighted by Gasteiger charge is -2.38.